The van der Waals surface area contributed by atoms with Crippen LogP contribution < -0.4 is 0 Å². The Kier molecular flexibility index (Phi) is 10.8. The van der Waals surface area contributed by atoms with Gasteiger partial charge in [0.2, 0.25) is 0 Å². The van der Waals surface area contributed by atoms with Gasteiger partial charge in [-0.3, -0.25) is 0 Å². The lowest BCUT2D eigenvalue weighted by Gasteiger charge is -2.03. The Morgan fingerprint density at radius 2 is 1.30 bits per heavy atom. The van der Waals surface area contributed by atoms with E-state index in [9.17, 15) is 0 Å². The van der Waals surface area contributed by atoms with Crippen molar-refractivity contribution >= 4 is 0 Å². The fourth-order valence-electron chi connectivity index (χ4n) is 1.90. The highest BCUT2D eigenvalue weighted by Crippen LogP contribution is 2.14. The van der Waals surface area contributed by atoms with Crippen LogP contribution in [0.2, 0.25) is 0 Å². The predicted octanol–water partition coefficient (Wildman–Crippen LogP) is 6.93. The third kappa shape index (κ3) is 10.6. The Hall–Kier alpha value is -1.30. The van der Waals surface area contributed by atoms with Crippen LogP contribution in [-0.4, -0.2) is 0 Å². The standard InChI is InChI=1S/C20H32/c1-7-17(3)11-9-12-19(5)13-10-14-20(6)16-15-18(4)8-2/h7-8,12,14H,1,3,9-11,13,15-16H2,2,4-6H3. The molecule has 0 saturated carbocycles. The van der Waals surface area contributed by atoms with Gasteiger partial charge in [-0.25, -0.2) is 0 Å². The molecule has 0 aliphatic heterocycles. The largest absolute Gasteiger partial charge is 0.0988 e. The number of allylic oxidation sites excluding steroid dienone is 8. The Labute approximate surface area is 126 Å². The minimum absolute atomic E-state index is 1.03. The van der Waals surface area contributed by atoms with E-state index >= 15 is 0 Å². The highest BCUT2D eigenvalue weighted by Gasteiger charge is 1.94. The van der Waals surface area contributed by atoms with Crippen molar-refractivity contribution in [2.24, 2.45) is 0 Å². The topological polar surface area (TPSA) is 0 Å². The van der Waals surface area contributed by atoms with E-state index in [-0.39, 0.29) is 0 Å². The predicted molar refractivity (Wildman–Crippen MR) is 94.0 cm³/mol. The molecule has 0 bridgehead atoms. The van der Waals surface area contributed by atoms with Crippen LogP contribution in [0, 0.1) is 0 Å². The molecular formula is C20H32. The summed E-state index contributed by atoms with van der Waals surface area (Å²) in [6.07, 6.45) is 15.6. The zero-order valence-corrected chi connectivity index (χ0v) is 14.0. The van der Waals surface area contributed by atoms with Crippen LogP contribution in [0.4, 0.5) is 0 Å². The minimum atomic E-state index is 1.03. The van der Waals surface area contributed by atoms with Gasteiger partial charge in [-0.2, -0.15) is 0 Å². The summed E-state index contributed by atoms with van der Waals surface area (Å²) in [6.45, 7) is 16.5. The first-order valence-electron chi connectivity index (χ1n) is 7.72. The van der Waals surface area contributed by atoms with Crippen molar-refractivity contribution < 1.29 is 0 Å². The van der Waals surface area contributed by atoms with Gasteiger partial charge in [-0.1, -0.05) is 59.8 Å². The lowest BCUT2D eigenvalue weighted by Crippen LogP contribution is -1.83. The molecule has 0 unspecified atom stereocenters. The summed E-state index contributed by atoms with van der Waals surface area (Å²) in [4.78, 5) is 0. The average molecular weight is 272 g/mol. The van der Waals surface area contributed by atoms with Crippen LogP contribution in [-0.2, 0) is 0 Å². The molecule has 0 spiro atoms. The Bertz CT molecular complexity index is 388. The summed E-state index contributed by atoms with van der Waals surface area (Å²) < 4.78 is 0. The van der Waals surface area contributed by atoms with E-state index < -0.39 is 0 Å². The van der Waals surface area contributed by atoms with Crippen LogP contribution >= 0.6 is 0 Å². The van der Waals surface area contributed by atoms with Crippen LogP contribution in [0.3, 0.4) is 0 Å². The van der Waals surface area contributed by atoms with Crippen molar-refractivity contribution in [1.29, 1.82) is 0 Å². The van der Waals surface area contributed by atoms with Gasteiger partial charge in [-0.05, 0) is 66.2 Å². The third-order valence-corrected chi connectivity index (χ3v) is 3.68. The number of hydrogen-bond donors (Lipinski definition) is 0. The quantitative estimate of drug-likeness (QED) is 0.299. The first-order valence-corrected chi connectivity index (χ1v) is 7.72. The molecule has 0 aliphatic rings. The molecule has 112 valence electrons. The minimum Gasteiger partial charge on any atom is -0.0988 e. The molecule has 0 heterocycles. The lowest BCUT2D eigenvalue weighted by atomic mass is 10.0. The molecule has 0 saturated heterocycles. The van der Waals surface area contributed by atoms with E-state index in [1.54, 1.807) is 0 Å². The van der Waals surface area contributed by atoms with Crippen LogP contribution in [0.1, 0.15) is 66.2 Å². The maximum absolute atomic E-state index is 3.94. The molecule has 0 amide bonds. The average Bonchev–Trinajstić information content (AvgIpc) is 2.44. The van der Waals surface area contributed by atoms with E-state index in [2.05, 4.69) is 59.1 Å². The summed E-state index contributed by atoms with van der Waals surface area (Å²) in [5.74, 6) is 0. The summed E-state index contributed by atoms with van der Waals surface area (Å²) in [5.41, 5.74) is 5.61. The molecule has 0 fully saturated rings. The fourth-order valence-corrected chi connectivity index (χ4v) is 1.90. The maximum atomic E-state index is 3.94. The van der Waals surface area contributed by atoms with Crippen molar-refractivity contribution in [2.75, 3.05) is 0 Å². The van der Waals surface area contributed by atoms with Crippen molar-refractivity contribution in [3.63, 3.8) is 0 Å². The van der Waals surface area contributed by atoms with E-state index in [1.807, 2.05) is 6.08 Å². The second kappa shape index (κ2) is 11.5. The number of rotatable bonds is 10. The molecule has 0 aromatic carbocycles. The van der Waals surface area contributed by atoms with Crippen LogP contribution in [0.5, 0.6) is 0 Å². The highest BCUT2D eigenvalue weighted by atomic mass is 14.0. The fraction of sp³-hybridized carbons (Fsp3) is 0.500. The van der Waals surface area contributed by atoms with Gasteiger partial charge in [0, 0.05) is 0 Å². The van der Waals surface area contributed by atoms with Crippen molar-refractivity contribution in [1.82, 2.24) is 0 Å². The van der Waals surface area contributed by atoms with Crippen molar-refractivity contribution in [3.05, 3.63) is 59.8 Å². The second-order valence-corrected chi connectivity index (χ2v) is 5.68. The Morgan fingerprint density at radius 1 is 0.800 bits per heavy atom. The van der Waals surface area contributed by atoms with E-state index in [4.69, 9.17) is 0 Å². The molecule has 0 aromatic rings. The molecule has 0 nitrogen and oxygen atoms in total. The number of hydrogen-bond acceptors (Lipinski definition) is 0. The molecule has 0 aromatic heterocycles. The molecule has 0 aliphatic carbocycles. The first kappa shape index (κ1) is 18.7. The third-order valence-electron chi connectivity index (χ3n) is 3.68. The smallest absolute Gasteiger partial charge is 0.0250 e. The molecule has 20 heavy (non-hydrogen) atoms. The summed E-state index contributed by atoms with van der Waals surface area (Å²) in [7, 11) is 0. The molecular weight excluding hydrogens is 240 g/mol. The van der Waals surface area contributed by atoms with Gasteiger partial charge in [0.15, 0.2) is 0 Å². The SMILES string of the molecule is C=CC(=C)CCC=C(C)CCC=C(C)CCC(C)=CC. The Morgan fingerprint density at radius 3 is 1.85 bits per heavy atom. The zero-order chi connectivity index (χ0) is 15.4. The van der Waals surface area contributed by atoms with E-state index in [0.717, 1.165) is 24.8 Å². The van der Waals surface area contributed by atoms with Gasteiger partial charge in [0.1, 0.15) is 0 Å². The summed E-state index contributed by atoms with van der Waals surface area (Å²) >= 11 is 0. The highest BCUT2D eigenvalue weighted by molar-refractivity contribution is 5.12. The molecule has 0 heteroatoms. The molecule has 0 radical (unpaired) electrons. The first-order chi connectivity index (χ1) is 9.49. The Balaban J connectivity index is 3.93. The monoisotopic (exact) mass is 272 g/mol. The van der Waals surface area contributed by atoms with Crippen molar-refractivity contribution in [2.45, 2.75) is 66.2 Å². The van der Waals surface area contributed by atoms with Crippen LogP contribution in [0.15, 0.2) is 59.8 Å². The molecule has 0 atom stereocenters. The van der Waals surface area contributed by atoms with Gasteiger partial charge in [-0.15, -0.1) is 0 Å². The summed E-state index contributed by atoms with van der Waals surface area (Å²) in [5, 5.41) is 0. The molecule has 0 N–H and O–H groups in total. The second-order valence-electron chi connectivity index (χ2n) is 5.68. The lowest BCUT2D eigenvalue weighted by molar-refractivity contribution is 0.887. The van der Waals surface area contributed by atoms with Crippen LogP contribution in [0.25, 0.3) is 0 Å². The van der Waals surface area contributed by atoms with E-state index in [1.165, 1.54) is 36.0 Å². The normalized spacial score (nSPS) is 13.5. The molecule has 0 rings (SSSR count). The maximum Gasteiger partial charge on any atom is -0.0250 e. The van der Waals surface area contributed by atoms with Gasteiger partial charge in [0.25, 0.3) is 0 Å². The van der Waals surface area contributed by atoms with Gasteiger partial charge >= 0.3 is 0 Å². The summed E-state index contributed by atoms with van der Waals surface area (Å²) in [6, 6.07) is 0. The van der Waals surface area contributed by atoms with Crippen molar-refractivity contribution in [3.8, 4) is 0 Å². The van der Waals surface area contributed by atoms with E-state index in [0.29, 0.717) is 0 Å². The zero-order valence-electron chi connectivity index (χ0n) is 14.0. The van der Waals surface area contributed by atoms with Gasteiger partial charge in [0.05, 0.1) is 0 Å². The van der Waals surface area contributed by atoms with Gasteiger partial charge < -0.3 is 0 Å².